The summed E-state index contributed by atoms with van der Waals surface area (Å²) in [4.78, 5) is 26.5. The SMILES string of the molecule is Cc1c(-c2cc(F)c(OCc3ccccc3)c(F)c2)sc2c1c(=O)[nH]c(=O)n2C[C@@H](O)C(F)(F)F. The van der Waals surface area contributed by atoms with Crippen LogP contribution in [0.4, 0.5) is 22.0 Å². The Kier molecular flexibility index (Phi) is 6.52. The number of H-pyrrole nitrogens is 1. The molecule has 2 aromatic heterocycles. The van der Waals surface area contributed by atoms with Gasteiger partial charge in [-0.2, -0.15) is 13.2 Å². The Balaban J connectivity index is 1.77. The molecule has 4 rings (SSSR count). The number of alkyl halides is 3. The highest BCUT2D eigenvalue weighted by molar-refractivity contribution is 7.22. The van der Waals surface area contributed by atoms with Crippen molar-refractivity contribution in [3.05, 3.63) is 86.1 Å². The monoisotopic (exact) mass is 512 g/mol. The van der Waals surface area contributed by atoms with Gasteiger partial charge in [-0.3, -0.25) is 14.3 Å². The topological polar surface area (TPSA) is 84.3 Å². The molecule has 0 aliphatic rings. The highest BCUT2D eigenvalue weighted by Gasteiger charge is 2.39. The molecular formula is C23H17F5N2O4S. The number of hydrogen-bond donors (Lipinski definition) is 2. The van der Waals surface area contributed by atoms with Gasteiger partial charge in [0.2, 0.25) is 0 Å². The lowest BCUT2D eigenvalue weighted by atomic mass is 10.1. The maximum absolute atomic E-state index is 14.8. The van der Waals surface area contributed by atoms with Gasteiger partial charge in [0, 0.05) is 4.88 Å². The fourth-order valence-corrected chi connectivity index (χ4v) is 4.85. The molecule has 0 aliphatic heterocycles. The number of rotatable bonds is 6. The van der Waals surface area contributed by atoms with Gasteiger partial charge in [-0.05, 0) is 35.7 Å². The number of thiophene rings is 1. The number of aliphatic hydroxyl groups is 1. The quantitative estimate of drug-likeness (QED) is 0.373. The van der Waals surface area contributed by atoms with Crippen molar-refractivity contribution in [3.8, 4) is 16.2 Å². The lowest BCUT2D eigenvalue weighted by Gasteiger charge is -2.15. The van der Waals surface area contributed by atoms with Crippen LogP contribution >= 0.6 is 11.3 Å². The molecule has 0 radical (unpaired) electrons. The van der Waals surface area contributed by atoms with E-state index in [1.165, 1.54) is 6.92 Å². The molecule has 0 bridgehead atoms. The standard InChI is InChI=1S/C23H17F5N2O4S/c1-11-17-20(32)29-22(33)30(9-16(31)23(26,27)28)21(17)35-19(11)13-7-14(24)18(15(25)8-13)34-10-12-5-3-2-4-6-12/h2-8,16,31H,9-10H2,1H3,(H,29,32,33)/t16-/m1/s1. The fourth-order valence-electron chi connectivity index (χ4n) is 3.55. The van der Waals surface area contributed by atoms with Crippen LogP contribution < -0.4 is 16.0 Å². The third kappa shape index (κ3) is 4.84. The van der Waals surface area contributed by atoms with Crippen LogP contribution in [-0.4, -0.2) is 26.9 Å². The Morgan fingerprint density at radius 3 is 2.34 bits per heavy atom. The summed E-state index contributed by atoms with van der Waals surface area (Å²) in [6, 6.07) is 10.7. The van der Waals surface area contributed by atoms with E-state index < -0.39 is 47.5 Å². The van der Waals surface area contributed by atoms with E-state index in [2.05, 4.69) is 0 Å². The van der Waals surface area contributed by atoms with Crippen LogP contribution in [-0.2, 0) is 13.2 Å². The molecule has 0 fully saturated rings. The van der Waals surface area contributed by atoms with Gasteiger partial charge in [-0.15, -0.1) is 11.3 Å². The summed E-state index contributed by atoms with van der Waals surface area (Å²) in [5.74, 6) is -2.66. The molecule has 35 heavy (non-hydrogen) atoms. The number of aliphatic hydroxyl groups excluding tert-OH is 1. The van der Waals surface area contributed by atoms with Crippen LogP contribution in [0.3, 0.4) is 0 Å². The molecule has 6 nitrogen and oxygen atoms in total. The van der Waals surface area contributed by atoms with Crippen molar-refractivity contribution in [2.45, 2.75) is 32.4 Å². The van der Waals surface area contributed by atoms with Crippen LogP contribution in [0.25, 0.3) is 20.7 Å². The first kappa shape index (κ1) is 24.6. The molecule has 0 aliphatic carbocycles. The second-order valence-electron chi connectivity index (χ2n) is 7.71. The summed E-state index contributed by atoms with van der Waals surface area (Å²) < 4.78 is 74.0. The maximum Gasteiger partial charge on any atom is 0.416 e. The van der Waals surface area contributed by atoms with Crippen LogP contribution in [0.5, 0.6) is 5.75 Å². The third-order valence-electron chi connectivity index (χ3n) is 5.29. The predicted molar refractivity (Wildman–Crippen MR) is 120 cm³/mol. The summed E-state index contributed by atoms with van der Waals surface area (Å²) in [7, 11) is 0. The van der Waals surface area contributed by atoms with Crippen molar-refractivity contribution in [1.82, 2.24) is 9.55 Å². The second kappa shape index (κ2) is 9.27. The van der Waals surface area contributed by atoms with E-state index in [9.17, 15) is 36.6 Å². The molecule has 0 saturated heterocycles. The van der Waals surface area contributed by atoms with E-state index in [0.29, 0.717) is 21.5 Å². The minimum Gasteiger partial charge on any atom is -0.483 e. The van der Waals surface area contributed by atoms with Gasteiger partial charge >= 0.3 is 11.9 Å². The molecule has 4 aromatic rings. The zero-order valence-electron chi connectivity index (χ0n) is 18.0. The van der Waals surface area contributed by atoms with E-state index in [1.807, 2.05) is 4.98 Å². The first-order chi connectivity index (χ1) is 16.5. The van der Waals surface area contributed by atoms with Crippen molar-refractivity contribution >= 4 is 21.6 Å². The Morgan fingerprint density at radius 1 is 1.11 bits per heavy atom. The maximum atomic E-state index is 14.8. The number of hydrogen-bond acceptors (Lipinski definition) is 5. The van der Waals surface area contributed by atoms with Gasteiger partial charge in [0.05, 0.1) is 11.9 Å². The number of fused-ring (bicyclic) bond motifs is 1. The average molecular weight is 512 g/mol. The summed E-state index contributed by atoms with van der Waals surface area (Å²) in [6.45, 7) is 0.192. The normalized spacial score (nSPS) is 12.8. The van der Waals surface area contributed by atoms with Crippen LogP contribution in [0.1, 0.15) is 11.1 Å². The predicted octanol–water partition coefficient (Wildman–Crippen LogP) is 4.51. The Bertz CT molecular complexity index is 1490. The summed E-state index contributed by atoms with van der Waals surface area (Å²) in [6.07, 6.45) is -7.87. The Morgan fingerprint density at radius 2 is 1.74 bits per heavy atom. The van der Waals surface area contributed by atoms with Crippen molar-refractivity contribution in [3.63, 3.8) is 0 Å². The van der Waals surface area contributed by atoms with Gasteiger partial charge < -0.3 is 9.84 Å². The molecule has 2 heterocycles. The third-order valence-corrected chi connectivity index (χ3v) is 6.65. The molecule has 1 atom stereocenters. The van der Waals surface area contributed by atoms with E-state index in [4.69, 9.17) is 4.74 Å². The highest BCUT2D eigenvalue weighted by Crippen LogP contribution is 2.39. The lowest BCUT2D eigenvalue weighted by molar-refractivity contribution is -0.207. The molecule has 12 heteroatoms. The molecule has 0 saturated carbocycles. The second-order valence-corrected chi connectivity index (χ2v) is 8.71. The molecule has 2 N–H and O–H groups in total. The smallest absolute Gasteiger partial charge is 0.416 e. The lowest BCUT2D eigenvalue weighted by Crippen LogP contribution is -2.38. The first-order valence-corrected chi connectivity index (χ1v) is 11.0. The molecule has 0 unspecified atom stereocenters. The van der Waals surface area contributed by atoms with E-state index in [-0.39, 0.29) is 32.8 Å². The fraction of sp³-hybridized carbons (Fsp3) is 0.217. The average Bonchev–Trinajstić information content (AvgIpc) is 3.13. The Hall–Kier alpha value is -3.51. The number of aryl methyl sites for hydroxylation is 1. The molecule has 0 spiro atoms. The van der Waals surface area contributed by atoms with E-state index >= 15 is 0 Å². The first-order valence-electron chi connectivity index (χ1n) is 10.1. The minimum atomic E-state index is -5.00. The zero-order chi connectivity index (χ0) is 25.5. The van der Waals surface area contributed by atoms with E-state index in [0.717, 1.165) is 12.1 Å². The number of benzene rings is 2. The zero-order valence-corrected chi connectivity index (χ0v) is 18.8. The van der Waals surface area contributed by atoms with Crippen molar-refractivity contribution in [2.75, 3.05) is 0 Å². The van der Waals surface area contributed by atoms with Crippen LogP contribution in [0.15, 0.2) is 52.1 Å². The van der Waals surface area contributed by atoms with Crippen molar-refractivity contribution < 1.29 is 31.8 Å². The van der Waals surface area contributed by atoms with Gasteiger partial charge in [-0.1, -0.05) is 30.3 Å². The van der Waals surface area contributed by atoms with Crippen molar-refractivity contribution in [2.24, 2.45) is 0 Å². The van der Waals surface area contributed by atoms with Gasteiger partial charge in [0.15, 0.2) is 23.5 Å². The largest absolute Gasteiger partial charge is 0.483 e. The summed E-state index contributed by atoms with van der Waals surface area (Å²) >= 11 is 0.708. The highest BCUT2D eigenvalue weighted by atomic mass is 32.1. The van der Waals surface area contributed by atoms with Crippen molar-refractivity contribution in [1.29, 1.82) is 0 Å². The Labute approximate surface area is 197 Å². The van der Waals surface area contributed by atoms with Crippen LogP contribution in [0.2, 0.25) is 0 Å². The van der Waals surface area contributed by atoms with Crippen LogP contribution in [0, 0.1) is 18.6 Å². The number of aromatic nitrogens is 2. The van der Waals surface area contributed by atoms with Gasteiger partial charge in [-0.25, -0.2) is 13.6 Å². The number of halogens is 5. The molecular weight excluding hydrogens is 495 g/mol. The number of aromatic amines is 1. The molecule has 184 valence electrons. The summed E-state index contributed by atoms with van der Waals surface area (Å²) in [5.41, 5.74) is -1.13. The van der Waals surface area contributed by atoms with Gasteiger partial charge in [0.1, 0.15) is 11.4 Å². The summed E-state index contributed by atoms with van der Waals surface area (Å²) in [5, 5.41) is 9.32. The number of nitrogens with one attached hydrogen (secondary N) is 1. The molecule has 0 amide bonds. The number of nitrogens with zero attached hydrogens (tertiary/aromatic N) is 1. The number of ether oxygens (including phenoxy) is 1. The minimum absolute atomic E-state index is 0.000491. The molecule has 2 aromatic carbocycles. The van der Waals surface area contributed by atoms with E-state index in [1.54, 1.807) is 30.3 Å². The van der Waals surface area contributed by atoms with Gasteiger partial charge in [0.25, 0.3) is 5.56 Å².